The topological polar surface area (TPSA) is 104 Å². The highest BCUT2D eigenvalue weighted by Gasteiger charge is 2.26. The fraction of sp³-hybridized carbons (Fsp3) is 0.350. The van der Waals surface area contributed by atoms with Crippen LogP contribution in [-0.4, -0.2) is 33.3 Å². The van der Waals surface area contributed by atoms with Gasteiger partial charge in [-0.3, -0.25) is 9.36 Å². The number of aliphatic hydroxyl groups is 1. The number of carbonyl (C=O) groups is 1. The predicted octanol–water partition coefficient (Wildman–Crippen LogP) is 3.96. The second kappa shape index (κ2) is 8.97. The highest BCUT2D eigenvalue weighted by molar-refractivity contribution is 7.52. The molecule has 0 aromatic heterocycles. The predicted molar refractivity (Wildman–Crippen MR) is 104 cm³/mol. The molecule has 28 heavy (non-hydrogen) atoms. The molecule has 2 aromatic rings. The molecule has 3 N–H and O–H groups in total. The average Bonchev–Trinajstić information content (AvgIpc) is 2.54. The number of aliphatic hydroxyl groups excluding tert-OH is 1. The highest BCUT2D eigenvalue weighted by Crippen LogP contribution is 2.45. The van der Waals surface area contributed by atoms with E-state index in [9.17, 15) is 23.7 Å². The van der Waals surface area contributed by atoms with Crippen molar-refractivity contribution in [2.45, 2.75) is 39.9 Å². The van der Waals surface area contributed by atoms with Crippen molar-refractivity contribution in [3.63, 3.8) is 0 Å². The molecule has 0 amide bonds. The lowest BCUT2D eigenvalue weighted by Crippen LogP contribution is -2.18. The summed E-state index contributed by atoms with van der Waals surface area (Å²) in [5.41, 5.74) is 4.46. The van der Waals surface area contributed by atoms with Gasteiger partial charge in [-0.25, -0.2) is 4.39 Å². The molecule has 6 nitrogen and oxygen atoms in total. The van der Waals surface area contributed by atoms with E-state index in [0.29, 0.717) is 11.1 Å². The first-order valence-corrected chi connectivity index (χ1v) is 10.5. The Morgan fingerprint density at radius 2 is 1.86 bits per heavy atom. The smallest absolute Gasteiger partial charge is 0.331 e. The average molecular weight is 410 g/mol. The number of rotatable bonds is 8. The zero-order chi connectivity index (χ0) is 21.1. The van der Waals surface area contributed by atoms with Crippen molar-refractivity contribution in [3.8, 4) is 11.1 Å². The van der Waals surface area contributed by atoms with Crippen molar-refractivity contribution in [3.05, 3.63) is 58.4 Å². The molecular formula is C20H24FO6P. The van der Waals surface area contributed by atoms with Crippen molar-refractivity contribution in [1.29, 1.82) is 0 Å². The monoisotopic (exact) mass is 410 g/mol. The van der Waals surface area contributed by atoms with E-state index in [1.165, 1.54) is 6.07 Å². The molecule has 2 unspecified atom stereocenters. The number of hydrogen-bond acceptors (Lipinski definition) is 4. The van der Waals surface area contributed by atoms with Crippen molar-refractivity contribution < 1.29 is 33.4 Å². The molecule has 0 aliphatic heterocycles. The molecule has 8 heteroatoms. The minimum Gasteiger partial charge on any atom is -0.481 e. The first-order chi connectivity index (χ1) is 13.0. The molecule has 0 radical (unpaired) electrons. The lowest BCUT2D eigenvalue weighted by atomic mass is 9.93. The highest BCUT2D eigenvalue weighted by atomic mass is 31.2. The molecule has 2 atom stereocenters. The van der Waals surface area contributed by atoms with Crippen LogP contribution in [0.4, 0.5) is 4.39 Å². The third-order valence-corrected chi connectivity index (χ3v) is 5.76. The summed E-state index contributed by atoms with van der Waals surface area (Å²) in [5, 5.41) is 18.3. The minimum atomic E-state index is -4.20. The van der Waals surface area contributed by atoms with Crippen molar-refractivity contribution in [1.82, 2.24) is 0 Å². The van der Waals surface area contributed by atoms with E-state index in [2.05, 4.69) is 0 Å². The Balaban J connectivity index is 2.29. The van der Waals surface area contributed by atoms with Gasteiger partial charge in [0.25, 0.3) is 0 Å². The fourth-order valence-corrected chi connectivity index (χ4v) is 4.11. The van der Waals surface area contributed by atoms with Crippen molar-refractivity contribution in [2.24, 2.45) is 0 Å². The van der Waals surface area contributed by atoms with E-state index in [4.69, 9.17) is 9.63 Å². The summed E-state index contributed by atoms with van der Waals surface area (Å²) in [7, 11) is -4.20. The maximum absolute atomic E-state index is 13.6. The van der Waals surface area contributed by atoms with Crippen LogP contribution in [-0.2, 0) is 20.5 Å². The van der Waals surface area contributed by atoms with Crippen LogP contribution in [0.5, 0.6) is 0 Å². The number of hydrogen-bond donors (Lipinski definition) is 3. The van der Waals surface area contributed by atoms with E-state index >= 15 is 0 Å². The van der Waals surface area contributed by atoms with Gasteiger partial charge in [0.2, 0.25) is 0 Å². The van der Waals surface area contributed by atoms with Gasteiger partial charge in [-0.05, 0) is 60.7 Å². The van der Waals surface area contributed by atoms with Crippen LogP contribution in [0.15, 0.2) is 30.3 Å². The van der Waals surface area contributed by atoms with Gasteiger partial charge in [0.05, 0.1) is 25.3 Å². The number of aryl methyl sites for hydroxylation is 3. The number of carboxylic acids is 1. The minimum absolute atomic E-state index is 0.203. The first-order valence-electron chi connectivity index (χ1n) is 8.71. The quantitative estimate of drug-likeness (QED) is 0.569. The lowest BCUT2D eigenvalue weighted by Gasteiger charge is -2.19. The van der Waals surface area contributed by atoms with E-state index < -0.39 is 32.3 Å². The summed E-state index contributed by atoms with van der Waals surface area (Å²) in [5.74, 6) is -1.59. The molecule has 0 spiro atoms. The Kier molecular flexibility index (Phi) is 7.12. The molecule has 0 heterocycles. The molecule has 0 aliphatic rings. The van der Waals surface area contributed by atoms with Crippen molar-refractivity contribution in [2.75, 3.05) is 6.16 Å². The van der Waals surface area contributed by atoms with Crippen LogP contribution < -0.4 is 0 Å². The molecule has 0 saturated carbocycles. The fourth-order valence-electron chi connectivity index (χ4n) is 3.01. The van der Waals surface area contributed by atoms with Crippen LogP contribution in [0.3, 0.4) is 0 Å². The van der Waals surface area contributed by atoms with E-state index in [0.717, 1.165) is 22.3 Å². The largest absolute Gasteiger partial charge is 0.481 e. The van der Waals surface area contributed by atoms with E-state index in [1.54, 1.807) is 19.1 Å². The third-order valence-electron chi connectivity index (χ3n) is 4.35. The molecule has 152 valence electrons. The Bertz CT molecular complexity index is 927. The second-order valence-corrected chi connectivity index (χ2v) is 8.82. The summed E-state index contributed by atoms with van der Waals surface area (Å²) in [6, 6.07) is 8.49. The van der Waals surface area contributed by atoms with Gasteiger partial charge in [-0.15, -0.1) is 0 Å². The maximum atomic E-state index is 13.6. The SMILES string of the molecule is Cc1cc(C)c(COP(=O)(O)CC(O)CC(=O)O)c(-c2ccc(F)c(C)c2)c1. The molecule has 0 aliphatic carbocycles. The summed E-state index contributed by atoms with van der Waals surface area (Å²) in [6.07, 6.45) is -2.79. The van der Waals surface area contributed by atoms with Gasteiger partial charge in [-0.1, -0.05) is 23.8 Å². The first kappa shape index (κ1) is 22.2. The van der Waals surface area contributed by atoms with Gasteiger partial charge < -0.3 is 19.6 Å². The Morgan fingerprint density at radius 3 is 2.46 bits per heavy atom. The number of carboxylic acid groups (broad SMARTS) is 1. The zero-order valence-corrected chi connectivity index (χ0v) is 16.9. The van der Waals surface area contributed by atoms with Crippen LogP contribution in [0.2, 0.25) is 0 Å². The normalized spacial score (nSPS) is 14.5. The van der Waals surface area contributed by atoms with Gasteiger partial charge in [0.15, 0.2) is 0 Å². The summed E-state index contributed by atoms with van der Waals surface area (Å²) in [4.78, 5) is 20.6. The lowest BCUT2D eigenvalue weighted by molar-refractivity contribution is -0.138. The molecule has 0 bridgehead atoms. The summed E-state index contributed by atoms with van der Waals surface area (Å²) in [6.45, 7) is 5.21. The van der Waals surface area contributed by atoms with E-state index in [-0.39, 0.29) is 12.4 Å². The van der Waals surface area contributed by atoms with Crippen LogP contribution in [0.25, 0.3) is 11.1 Å². The van der Waals surface area contributed by atoms with Crippen LogP contribution in [0.1, 0.15) is 28.7 Å². The number of halogens is 1. The van der Waals surface area contributed by atoms with Gasteiger partial charge in [-0.2, -0.15) is 0 Å². The molecule has 2 rings (SSSR count). The summed E-state index contributed by atoms with van der Waals surface area (Å²) >= 11 is 0. The molecule has 2 aromatic carbocycles. The summed E-state index contributed by atoms with van der Waals surface area (Å²) < 4.78 is 31.1. The third kappa shape index (κ3) is 5.97. The van der Waals surface area contributed by atoms with Gasteiger partial charge in [0.1, 0.15) is 5.82 Å². The Morgan fingerprint density at radius 1 is 1.18 bits per heavy atom. The second-order valence-electron chi connectivity index (χ2n) is 6.92. The van der Waals surface area contributed by atoms with Crippen molar-refractivity contribution >= 4 is 13.6 Å². The number of benzene rings is 2. The van der Waals surface area contributed by atoms with Gasteiger partial charge >= 0.3 is 13.6 Å². The van der Waals surface area contributed by atoms with E-state index in [1.807, 2.05) is 26.0 Å². The Hall–Kier alpha value is -2.05. The molecule has 0 fully saturated rings. The number of aliphatic carboxylic acids is 1. The van der Waals surface area contributed by atoms with Crippen LogP contribution in [0, 0.1) is 26.6 Å². The Labute approximate surface area is 163 Å². The zero-order valence-electron chi connectivity index (χ0n) is 16.0. The molecular weight excluding hydrogens is 386 g/mol. The standard InChI is InChI=1S/C20H24FO6P/c1-12-6-13(2)18(10-27-28(25,26)11-16(22)9-20(23)24)17(7-12)15-4-5-19(21)14(3)8-15/h4-8,16,22H,9-11H2,1-3H3,(H,23,24)(H,25,26). The maximum Gasteiger partial charge on any atom is 0.331 e. The van der Waals surface area contributed by atoms with Gasteiger partial charge in [0, 0.05) is 0 Å². The van der Waals surface area contributed by atoms with Crippen LogP contribution >= 0.6 is 7.60 Å². The molecule has 0 saturated heterocycles.